The number of hydrogen-bond acceptors (Lipinski definition) is 7. The van der Waals surface area contributed by atoms with Gasteiger partial charge in [-0.3, -0.25) is 10.1 Å². The van der Waals surface area contributed by atoms with E-state index in [1.807, 2.05) is 10.6 Å². The summed E-state index contributed by atoms with van der Waals surface area (Å²) in [5, 5.41) is 11.8. The third-order valence-electron chi connectivity index (χ3n) is 3.86. The van der Waals surface area contributed by atoms with Gasteiger partial charge in [0.2, 0.25) is 5.13 Å². The van der Waals surface area contributed by atoms with Gasteiger partial charge in [-0.15, -0.1) is 10.2 Å². The van der Waals surface area contributed by atoms with Crippen molar-refractivity contribution in [1.29, 1.82) is 0 Å². The van der Waals surface area contributed by atoms with E-state index in [1.165, 1.54) is 11.3 Å². The molecule has 0 saturated carbocycles. The second kappa shape index (κ2) is 7.06. The number of benzene rings is 1. The Hall–Kier alpha value is -3.04. The van der Waals surface area contributed by atoms with Crippen LogP contribution < -0.4 is 11.1 Å². The number of imidazole rings is 1. The lowest BCUT2D eigenvalue weighted by Gasteiger charge is -2.04. The van der Waals surface area contributed by atoms with E-state index in [-0.39, 0.29) is 5.91 Å². The first-order valence-corrected chi connectivity index (χ1v) is 8.90. The van der Waals surface area contributed by atoms with Crippen LogP contribution in [0.1, 0.15) is 16.8 Å². The van der Waals surface area contributed by atoms with Crippen LogP contribution in [0.25, 0.3) is 21.8 Å². The summed E-state index contributed by atoms with van der Waals surface area (Å²) in [6.45, 7) is 1.43. The molecule has 0 bridgehead atoms. The van der Waals surface area contributed by atoms with Crippen molar-refractivity contribution in [3.05, 3.63) is 48.5 Å². The predicted molar refractivity (Wildman–Crippen MR) is 99.0 cm³/mol. The van der Waals surface area contributed by atoms with E-state index < -0.39 is 0 Å². The van der Waals surface area contributed by atoms with Gasteiger partial charge in [0, 0.05) is 12.1 Å². The van der Waals surface area contributed by atoms with Crippen LogP contribution in [0, 0.1) is 0 Å². The first kappa shape index (κ1) is 16.4. The summed E-state index contributed by atoms with van der Waals surface area (Å²) >= 11 is 1.25. The zero-order chi connectivity index (χ0) is 17.9. The number of rotatable bonds is 6. The minimum Gasteiger partial charge on any atom is -0.462 e. The maximum Gasteiger partial charge on any atom is 0.257 e. The smallest absolute Gasteiger partial charge is 0.257 e. The molecule has 0 aliphatic rings. The molecule has 0 unspecified atom stereocenters. The Morgan fingerprint density at radius 2 is 2.23 bits per heavy atom. The third-order valence-corrected chi connectivity index (χ3v) is 4.72. The first-order valence-electron chi connectivity index (χ1n) is 8.08. The van der Waals surface area contributed by atoms with E-state index >= 15 is 0 Å². The molecule has 4 aromatic rings. The molecule has 8 nitrogen and oxygen atoms in total. The molecule has 0 spiro atoms. The molecule has 3 N–H and O–H groups in total. The van der Waals surface area contributed by atoms with Crippen LogP contribution in [0.5, 0.6) is 0 Å². The molecule has 9 heteroatoms. The predicted octanol–water partition coefficient (Wildman–Crippen LogP) is 2.75. The molecule has 4 rings (SSSR count). The fourth-order valence-corrected chi connectivity index (χ4v) is 3.29. The van der Waals surface area contributed by atoms with Crippen molar-refractivity contribution in [2.75, 3.05) is 11.9 Å². The van der Waals surface area contributed by atoms with Gasteiger partial charge in [-0.05, 0) is 43.3 Å². The van der Waals surface area contributed by atoms with Crippen LogP contribution in [0.4, 0.5) is 5.13 Å². The zero-order valence-corrected chi connectivity index (χ0v) is 14.6. The maximum absolute atomic E-state index is 12.5. The highest BCUT2D eigenvalue weighted by Gasteiger charge is 2.14. The monoisotopic (exact) mass is 368 g/mol. The van der Waals surface area contributed by atoms with Gasteiger partial charge < -0.3 is 14.7 Å². The summed E-state index contributed by atoms with van der Waals surface area (Å²) in [6, 6.07) is 8.99. The highest BCUT2D eigenvalue weighted by atomic mass is 32.1. The van der Waals surface area contributed by atoms with Crippen molar-refractivity contribution in [3.8, 4) is 10.8 Å². The topological polar surface area (TPSA) is 112 Å². The Labute approximate surface area is 152 Å². The number of nitrogens with zero attached hydrogens (tertiary/aromatic N) is 4. The van der Waals surface area contributed by atoms with Gasteiger partial charge in [-0.25, -0.2) is 4.98 Å². The number of nitrogens with one attached hydrogen (secondary N) is 1. The molecule has 1 aromatic carbocycles. The summed E-state index contributed by atoms with van der Waals surface area (Å²) < 4.78 is 7.31. The summed E-state index contributed by atoms with van der Waals surface area (Å²) in [5.41, 5.74) is 7.81. The van der Waals surface area contributed by atoms with Crippen LogP contribution in [-0.4, -0.2) is 32.2 Å². The number of fused-ring (bicyclic) bond motifs is 1. The molecule has 132 valence electrons. The van der Waals surface area contributed by atoms with Gasteiger partial charge in [0.25, 0.3) is 5.91 Å². The minimum atomic E-state index is -0.259. The lowest BCUT2D eigenvalue weighted by molar-refractivity contribution is 0.102. The molecule has 0 saturated heterocycles. The van der Waals surface area contributed by atoms with Gasteiger partial charge in [-0.2, -0.15) is 0 Å². The van der Waals surface area contributed by atoms with Crippen LogP contribution in [0.15, 0.2) is 47.3 Å². The number of hydrogen-bond donors (Lipinski definition) is 2. The van der Waals surface area contributed by atoms with Gasteiger partial charge in [0.1, 0.15) is 0 Å². The number of furan rings is 1. The van der Waals surface area contributed by atoms with E-state index in [4.69, 9.17) is 10.2 Å². The van der Waals surface area contributed by atoms with Crippen molar-refractivity contribution in [1.82, 2.24) is 19.7 Å². The van der Waals surface area contributed by atoms with Crippen molar-refractivity contribution in [2.45, 2.75) is 13.0 Å². The standard InChI is InChI=1S/C17H16N6O2S/c18-6-2-7-23-10-19-12-9-11(4-5-13(12)23)15(24)20-17-22-21-16(26-17)14-3-1-8-25-14/h1,3-5,8-10H,2,6-7,18H2,(H,20,22,24). The number of aryl methyl sites for hydroxylation is 1. The molecule has 0 radical (unpaired) electrons. The summed E-state index contributed by atoms with van der Waals surface area (Å²) in [7, 11) is 0. The van der Waals surface area contributed by atoms with Gasteiger partial charge in [0.15, 0.2) is 10.8 Å². The number of nitrogens with two attached hydrogens (primary N) is 1. The van der Waals surface area contributed by atoms with Crippen molar-refractivity contribution >= 4 is 33.4 Å². The second-order valence-corrected chi connectivity index (χ2v) is 6.60. The van der Waals surface area contributed by atoms with E-state index in [1.54, 1.807) is 36.9 Å². The number of anilines is 1. The van der Waals surface area contributed by atoms with E-state index in [0.717, 1.165) is 24.0 Å². The lowest BCUT2D eigenvalue weighted by Crippen LogP contribution is -2.11. The van der Waals surface area contributed by atoms with Crippen molar-refractivity contribution in [2.24, 2.45) is 5.73 Å². The summed E-state index contributed by atoms with van der Waals surface area (Å²) in [4.78, 5) is 16.8. The molecule has 0 aliphatic carbocycles. The van der Waals surface area contributed by atoms with Crippen LogP contribution in [0.2, 0.25) is 0 Å². The van der Waals surface area contributed by atoms with Crippen LogP contribution in [0.3, 0.4) is 0 Å². The highest BCUT2D eigenvalue weighted by molar-refractivity contribution is 7.18. The second-order valence-electron chi connectivity index (χ2n) is 5.63. The number of aromatic nitrogens is 4. The normalized spacial score (nSPS) is 11.1. The molecule has 26 heavy (non-hydrogen) atoms. The van der Waals surface area contributed by atoms with Crippen LogP contribution in [-0.2, 0) is 6.54 Å². The number of carbonyl (C=O) groups excluding carboxylic acids is 1. The third kappa shape index (κ3) is 3.22. The fraction of sp³-hybridized carbons (Fsp3) is 0.176. The summed E-state index contributed by atoms with van der Waals surface area (Å²) in [6.07, 6.45) is 4.21. The molecular weight excluding hydrogens is 352 g/mol. The average Bonchev–Trinajstić information content (AvgIpc) is 3.39. The first-order chi connectivity index (χ1) is 12.7. The number of carbonyl (C=O) groups is 1. The van der Waals surface area contributed by atoms with Crippen LogP contribution >= 0.6 is 11.3 Å². The molecular formula is C17H16N6O2S. The summed E-state index contributed by atoms with van der Waals surface area (Å²) in [5.74, 6) is 0.359. The number of amides is 1. The fourth-order valence-electron chi connectivity index (χ4n) is 2.59. The largest absolute Gasteiger partial charge is 0.462 e. The SMILES string of the molecule is NCCCn1cnc2cc(C(=O)Nc3nnc(-c4ccco4)s3)ccc21. The Kier molecular flexibility index (Phi) is 4.46. The Bertz CT molecular complexity index is 1040. The van der Waals surface area contributed by atoms with E-state index in [9.17, 15) is 4.79 Å². The molecule has 0 fully saturated rings. The van der Waals surface area contributed by atoms with E-state index in [2.05, 4.69) is 20.5 Å². The van der Waals surface area contributed by atoms with E-state index in [0.29, 0.717) is 28.0 Å². The molecule has 3 heterocycles. The maximum atomic E-state index is 12.5. The van der Waals surface area contributed by atoms with Gasteiger partial charge >= 0.3 is 0 Å². The molecule has 3 aromatic heterocycles. The Morgan fingerprint density at radius 1 is 1.31 bits per heavy atom. The minimum absolute atomic E-state index is 0.259. The lowest BCUT2D eigenvalue weighted by atomic mass is 10.2. The molecule has 1 amide bonds. The Balaban J connectivity index is 1.51. The molecule has 0 atom stereocenters. The Morgan fingerprint density at radius 3 is 3.04 bits per heavy atom. The molecule has 0 aliphatic heterocycles. The van der Waals surface area contributed by atoms with Gasteiger partial charge in [0.05, 0.1) is 23.6 Å². The highest BCUT2D eigenvalue weighted by Crippen LogP contribution is 2.27. The van der Waals surface area contributed by atoms with Crippen molar-refractivity contribution < 1.29 is 9.21 Å². The van der Waals surface area contributed by atoms with Gasteiger partial charge in [-0.1, -0.05) is 11.3 Å². The average molecular weight is 368 g/mol. The zero-order valence-electron chi connectivity index (χ0n) is 13.8. The van der Waals surface area contributed by atoms with Crippen molar-refractivity contribution in [3.63, 3.8) is 0 Å². The quantitative estimate of drug-likeness (QED) is 0.541.